The van der Waals surface area contributed by atoms with Crippen LogP contribution in [0.15, 0.2) is 6.07 Å². The summed E-state index contributed by atoms with van der Waals surface area (Å²) in [6.07, 6.45) is 3.27. The topological polar surface area (TPSA) is 38.2 Å². The van der Waals surface area contributed by atoms with Crippen LogP contribution >= 0.6 is 11.6 Å². The number of aryl methyl sites for hydroxylation is 1. The number of hydrogen-bond donors (Lipinski definition) is 0. The molecule has 1 aliphatic heterocycles. The zero-order valence-electron chi connectivity index (χ0n) is 10.3. The van der Waals surface area contributed by atoms with Gasteiger partial charge in [-0.1, -0.05) is 18.5 Å². The molecule has 0 bridgehead atoms. The SMILES string of the molecule is CCc1nc(Cl)cc(N2CCC(OC)CC2)n1. The molecule has 0 saturated carbocycles. The molecule has 1 saturated heterocycles. The first-order valence-electron chi connectivity index (χ1n) is 6.04. The first kappa shape index (κ1) is 12.6. The number of methoxy groups -OCH3 is 1. The lowest BCUT2D eigenvalue weighted by molar-refractivity contribution is 0.0818. The Labute approximate surface area is 107 Å². The average molecular weight is 256 g/mol. The minimum atomic E-state index is 0.384. The van der Waals surface area contributed by atoms with Crippen molar-refractivity contribution in [2.75, 3.05) is 25.1 Å². The number of anilines is 1. The van der Waals surface area contributed by atoms with Gasteiger partial charge in [-0.05, 0) is 12.8 Å². The number of aromatic nitrogens is 2. The molecule has 1 aromatic rings. The van der Waals surface area contributed by atoms with Crippen LogP contribution in [0, 0.1) is 0 Å². The summed E-state index contributed by atoms with van der Waals surface area (Å²) in [5, 5.41) is 0.528. The molecule has 94 valence electrons. The molecule has 0 N–H and O–H groups in total. The molecule has 1 fully saturated rings. The molecule has 0 atom stereocenters. The normalized spacial score (nSPS) is 17.5. The summed E-state index contributed by atoms with van der Waals surface area (Å²) >= 11 is 6.00. The molecule has 0 aliphatic carbocycles. The van der Waals surface area contributed by atoms with Gasteiger partial charge >= 0.3 is 0 Å². The van der Waals surface area contributed by atoms with Crippen LogP contribution in [-0.2, 0) is 11.2 Å². The van der Waals surface area contributed by atoms with Crippen LogP contribution in [0.25, 0.3) is 0 Å². The summed E-state index contributed by atoms with van der Waals surface area (Å²) in [5.74, 6) is 1.75. The fraction of sp³-hybridized carbons (Fsp3) is 0.667. The number of nitrogens with zero attached hydrogens (tertiary/aromatic N) is 3. The maximum Gasteiger partial charge on any atom is 0.134 e. The Morgan fingerprint density at radius 1 is 1.41 bits per heavy atom. The summed E-state index contributed by atoms with van der Waals surface area (Å²) in [6.45, 7) is 3.97. The summed E-state index contributed by atoms with van der Waals surface area (Å²) in [5.41, 5.74) is 0. The van der Waals surface area contributed by atoms with Crippen molar-refractivity contribution in [3.8, 4) is 0 Å². The van der Waals surface area contributed by atoms with Crippen LogP contribution in [0.4, 0.5) is 5.82 Å². The lowest BCUT2D eigenvalue weighted by Gasteiger charge is -2.32. The van der Waals surface area contributed by atoms with Crippen molar-refractivity contribution in [3.63, 3.8) is 0 Å². The van der Waals surface area contributed by atoms with Crippen LogP contribution in [-0.4, -0.2) is 36.3 Å². The Morgan fingerprint density at radius 3 is 2.71 bits per heavy atom. The second kappa shape index (κ2) is 5.65. The molecule has 0 aromatic carbocycles. The summed E-state index contributed by atoms with van der Waals surface area (Å²) in [4.78, 5) is 10.9. The fourth-order valence-electron chi connectivity index (χ4n) is 2.09. The van der Waals surface area contributed by atoms with Crippen molar-refractivity contribution in [1.29, 1.82) is 0 Å². The second-order valence-corrected chi connectivity index (χ2v) is 4.63. The number of hydrogen-bond acceptors (Lipinski definition) is 4. The van der Waals surface area contributed by atoms with Crippen molar-refractivity contribution >= 4 is 17.4 Å². The highest BCUT2D eigenvalue weighted by Gasteiger charge is 2.20. The van der Waals surface area contributed by atoms with Gasteiger partial charge in [0.05, 0.1) is 6.10 Å². The van der Waals surface area contributed by atoms with Crippen LogP contribution in [0.5, 0.6) is 0 Å². The molecule has 4 nitrogen and oxygen atoms in total. The average Bonchev–Trinajstić information content (AvgIpc) is 2.38. The van der Waals surface area contributed by atoms with Gasteiger partial charge in [0.15, 0.2) is 0 Å². The van der Waals surface area contributed by atoms with E-state index in [1.807, 2.05) is 13.0 Å². The van der Waals surface area contributed by atoms with E-state index in [1.165, 1.54) is 0 Å². The van der Waals surface area contributed by atoms with Crippen molar-refractivity contribution < 1.29 is 4.74 Å². The van der Waals surface area contributed by atoms with Crippen molar-refractivity contribution in [2.24, 2.45) is 0 Å². The first-order chi connectivity index (χ1) is 8.22. The van der Waals surface area contributed by atoms with Crippen molar-refractivity contribution in [3.05, 3.63) is 17.0 Å². The maximum absolute atomic E-state index is 6.00. The Balaban J connectivity index is 2.10. The van der Waals surface area contributed by atoms with Crippen LogP contribution in [0.2, 0.25) is 5.15 Å². The Kier molecular flexibility index (Phi) is 4.18. The van der Waals surface area contributed by atoms with Gasteiger partial charge in [0.1, 0.15) is 16.8 Å². The standard InChI is InChI=1S/C12H18ClN3O/c1-3-11-14-10(13)8-12(15-11)16-6-4-9(17-2)5-7-16/h8-9H,3-7H2,1-2H3. The Hall–Kier alpha value is -0.870. The smallest absolute Gasteiger partial charge is 0.134 e. The number of piperidine rings is 1. The molecule has 5 heteroatoms. The van der Waals surface area contributed by atoms with Crippen LogP contribution in [0.1, 0.15) is 25.6 Å². The molecule has 2 rings (SSSR count). The molecule has 0 amide bonds. The number of ether oxygens (including phenoxy) is 1. The predicted molar refractivity (Wildman–Crippen MR) is 68.7 cm³/mol. The fourth-order valence-corrected chi connectivity index (χ4v) is 2.29. The summed E-state index contributed by atoms with van der Waals surface area (Å²) in [7, 11) is 1.77. The van der Waals surface area contributed by atoms with E-state index in [0.29, 0.717) is 11.3 Å². The Morgan fingerprint density at radius 2 is 2.12 bits per heavy atom. The van der Waals surface area contributed by atoms with E-state index in [2.05, 4.69) is 14.9 Å². The first-order valence-corrected chi connectivity index (χ1v) is 6.42. The monoisotopic (exact) mass is 255 g/mol. The van der Waals surface area contributed by atoms with Gasteiger partial charge in [-0.2, -0.15) is 0 Å². The highest BCUT2D eigenvalue weighted by atomic mass is 35.5. The number of rotatable bonds is 3. The summed E-state index contributed by atoms with van der Waals surface area (Å²) < 4.78 is 5.36. The zero-order chi connectivity index (χ0) is 12.3. The van der Waals surface area contributed by atoms with Gasteiger partial charge in [-0.25, -0.2) is 9.97 Å². The molecule has 1 aliphatic rings. The molecule has 0 unspecified atom stereocenters. The second-order valence-electron chi connectivity index (χ2n) is 4.24. The minimum Gasteiger partial charge on any atom is -0.381 e. The quantitative estimate of drug-likeness (QED) is 0.777. The van der Waals surface area contributed by atoms with Crippen molar-refractivity contribution in [1.82, 2.24) is 9.97 Å². The third-order valence-corrected chi connectivity index (χ3v) is 3.34. The van der Waals surface area contributed by atoms with E-state index in [1.54, 1.807) is 7.11 Å². The molecule has 1 aromatic heterocycles. The molecular weight excluding hydrogens is 238 g/mol. The lowest BCUT2D eigenvalue weighted by Crippen LogP contribution is -2.37. The van der Waals surface area contributed by atoms with Crippen LogP contribution in [0.3, 0.4) is 0 Å². The third-order valence-electron chi connectivity index (χ3n) is 3.14. The molecular formula is C12H18ClN3O. The minimum absolute atomic E-state index is 0.384. The highest BCUT2D eigenvalue weighted by molar-refractivity contribution is 6.29. The van der Waals surface area contributed by atoms with E-state index in [4.69, 9.17) is 16.3 Å². The van der Waals surface area contributed by atoms with E-state index >= 15 is 0 Å². The van der Waals surface area contributed by atoms with E-state index in [0.717, 1.165) is 44.0 Å². The zero-order valence-corrected chi connectivity index (χ0v) is 11.1. The molecule has 17 heavy (non-hydrogen) atoms. The van der Waals surface area contributed by atoms with Gasteiger partial charge in [0.2, 0.25) is 0 Å². The van der Waals surface area contributed by atoms with Gasteiger partial charge in [0.25, 0.3) is 0 Å². The van der Waals surface area contributed by atoms with Crippen molar-refractivity contribution in [2.45, 2.75) is 32.3 Å². The van der Waals surface area contributed by atoms with Gasteiger partial charge < -0.3 is 9.64 Å². The lowest BCUT2D eigenvalue weighted by atomic mass is 10.1. The van der Waals surface area contributed by atoms with Gasteiger partial charge in [-0.3, -0.25) is 0 Å². The van der Waals surface area contributed by atoms with E-state index < -0.39 is 0 Å². The Bertz CT molecular complexity index is 378. The molecule has 0 spiro atoms. The molecule has 0 radical (unpaired) electrons. The summed E-state index contributed by atoms with van der Waals surface area (Å²) in [6, 6.07) is 1.84. The highest BCUT2D eigenvalue weighted by Crippen LogP contribution is 2.21. The number of halogens is 1. The van der Waals surface area contributed by atoms with Gasteiger partial charge in [0, 0.05) is 32.7 Å². The largest absolute Gasteiger partial charge is 0.381 e. The van der Waals surface area contributed by atoms with Crippen LogP contribution < -0.4 is 4.90 Å². The van der Waals surface area contributed by atoms with E-state index in [-0.39, 0.29) is 0 Å². The maximum atomic E-state index is 6.00. The molecule has 2 heterocycles. The van der Waals surface area contributed by atoms with E-state index in [9.17, 15) is 0 Å². The third kappa shape index (κ3) is 3.07. The predicted octanol–water partition coefficient (Wildman–Crippen LogP) is 2.31. The van der Waals surface area contributed by atoms with Gasteiger partial charge in [-0.15, -0.1) is 0 Å².